The fourth-order valence-corrected chi connectivity index (χ4v) is 3.24. The molecule has 3 aromatic carbocycles. The minimum absolute atomic E-state index is 0.134. The van der Waals surface area contributed by atoms with Crippen LogP contribution in [0.15, 0.2) is 66.7 Å². The van der Waals surface area contributed by atoms with Crippen LogP contribution in [0.1, 0.15) is 24.1 Å². The number of ether oxygens (including phenoxy) is 2. The third-order valence-electron chi connectivity index (χ3n) is 4.66. The smallest absolute Gasteiger partial charge is 0.244 e. The molecule has 1 N–H and O–H groups in total. The van der Waals surface area contributed by atoms with Crippen LogP contribution in [0, 0.1) is 0 Å². The summed E-state index contributed by atoms with van der Waals surface area (Å²) in [5, 5.41) is 5.28. The Labute approximate surface area is 158 Å². The number of nitrogens with one attached hydrogen (secondary N) is 1. The lowest BCUT2D eigenvalue weighted by molar-refractivity contribution is -0.117. The van der Waals surface area contributed by atoms with Gasteiger partial charge in [-0.3, -0.25) is 4.79 Å². The van der Waals surface area contributed by atoms with E-state index in [2.05, 4.69) is 23.5 Å². The Kier molecular flexibility index (Phi) is 4.79. The molecule has 4 nitrogen and oxygen atoms in total. The molecule has 0 saturated heterocycles. The highest BCUT2D eigenvalue weighted by molar-refractivity contribution is 5.96. The van der Waals surface area contributed by atoms with Crippen molar-refractivity contribution in [2.24, 2.45) is 0 Å². The molecule has 4 rings (SSSR count). The molecular weight excluding hydrogens is 338 g/mol. The molecule has 1 aliphatic heterocycles. The zero-order valence-corrected chi connectivity index (χ0v) is 15.1. The van der Waals surface area contributed by atoms with Crippen molar-refractivity contribution in [2.75, 3.05) is 13.2 Å². The SMILES string of the molecule is CC(NC(=O)/C=C/c1cccc2ccccc12)c1ccc2c(c1)OCCO2. The number of benzene rings is 3. The van der Waals surface area contributed by atoms with Crippen LogP contribution in [0.4, 0.5) is 0 Å². The molecule has 27 heavy (non-hydrogen) atoms. The van der Waals surface area contributed by atoms with Crippen LogP contribution in [-0.4, -0.2) is 19.1 Å². The maximum atomic E-state index is 12.4. The Bertz CT molecular complexity index is 1000. The van der Waals surface area contributed by atoms with Crippen molar-refractivity contribution in [3.05, 3.63) is 77.9 Å². The van der Waals surface area contributed by atoms with E-state index >= 15 is 0 Å². The summed E-state index contributed by atoms with van der Waals surface area (Å²) in [7, 11) is 0. The van der Waals surface area contributed by atoms with Crippen LogP contribution in [0.2, 0.25) is 0 Å². The molecule has 1 aliphatic rings. The summed E-state index contributed by atoms with van der Waals surface area (Å²) in [6.07, 6.45) is 3.44. The molecule has 4 heteroatoms. The number of carbonyl (C=O) groups is 1. The molecule has 1 atom stereocenters. The lowest BCUT2D eigenvalue weighted by atomic mass is 10.0. The van der Waals surface area contributed by atoms with Crippen molar-refractivity contribution < 1.29 is 14.3 Å². The summed E-state index contributed by atoms with van der Waals surface area (Å²) >= 11 is 0. The number of hydrogen-bond donors (Lipinski definition) is 1. The van der Waals surface area contributed by atoms with E-state index in [4.69, 9.17) is 9.47 Å². The molecule has 1 amide bonds. The van der Waals surface area contributed by atoms with Crippen LogP contribution in [-0.2, 0) is 4.79 Å². The van der Waals surface area contributed by atoms with E-state index < -0.39 is 0 Å². The Morgan fingerprint density at radius 2 is 1.78 bits per heavy atom. The van der Waals surface area contributed by atoms with Gasteiger partial charge < -0.3 is 14.8 Å². The van der Waals surface area contributed by atoms with E-state index in [0.29, 0.717) is 13.2 Å². The molecule has 1 heterocycles. The monoisotopic (exact) mass is 359 g/mol. The lowest BCUT2D eigenvalue weighted by Crippen LogP contribution is -2.25. The van der Waals surface area contributed by atoms with Crippen LogP contribution >= 0.6 is 0 Å². The largest absolute Gasteiger partial charge is 0.486 e. The zero-order chi connectivity index (χ0) is 18.6. The minimum Gasteiger partial charge on any atom is -0.486 e. The van der Waals surface area contributed by atoms with Gasteiger partial charge in [-0.1, -0.05) is 48.5 Å². The molecule has 0 spiro atoms. The number of hydrogen-bond acceptors (Lipinski definition) is 3. The van der Waals surface area contributed by atoms with E-state index in [1.54, 1.807) is 6.08 Å². The van der Waals surface area contributed by atoms with Crippen molar-refractivity contribution in [3.8, 4) is 11.5 Å². The number of amides is 1. The predicted octanol–water partition coefficient (Wildman–Crippen LogP) is 4.50. The number of carbonyl (C=O) groups excluding carboxylic acids is 1. The fourth-order valence-electron chi connectivity index (χ4n) is 3.24. The van der Waals surface area contributed by atoms with Gasteiger partial charge in [0.25, 0.3) is 0 Å². The third kappa shape index (κ3) is 3.80. The highest BCUT2D eigenvalue weighted by atomic mass is 16.6. The topological polar surface area (TPSA) is 47.6 Å². The molecule has 0 bridgehead atoms. The zero-order valence-electron chi connectivity index (χ0n) is 15.1. The van der Waals surface area contributed by atoms with E-state index in [1.165, 1.54) is 0 Å². The Morgan fingerprint density at radius 1 is 1.00 bits per heavy atom. The Morgan fingerprint density at radius 3 is 2.67 bits per heavy atom. The van der Waals surface area contributed by atoms with E-state index in [-0.39, 0.29) is 11.9 Å². The average molecular weight is 359 g/mol. The average Bonchev–Trinajstić information content (AvgIpc) is 2.71. The molecule has 0 saturated carbocycles. The molecule has 0 aromatic heterocycles. The predicted molar refractivity (Wildman–Crippen MR) is 107 cm³/mol. The highest BCUT2D eigenvalue weighted by Crippen LogP contribution is 2.32. The highest BCUT2D eigenvalue weighted by Gasteiger charge is 2.15. The summed E-state index contributed by atoms with van der Waals surface area (Å²) in [5.41, 5.74) is 2.00. The summed E-state index contributed by atoms with van der Waals surface area (Å²) in [4.78, 5) is 12.4. The second-order valence-corrected chi connectivity index (χ2v) is 6.54. The first-order valence-corrected chi connectivity index (χ1v) is 9.06. The minimum atomic E-state index is -0.134. The van der Waals surface area contributed by atoms with Gasteiger partial charge in [-0.25, -0.2) is 0 Å². The molecular formula is C23H21NO3. The second-order valence-electron chi connectivity index (χ2n) is 6.54. The molecule has 0 radical (unpaired) electrons. The molecule has 0 aliphatic carbocycles. The van der Waals surface area contributed by atoms with Crippen LogP contribution in [0.3, 0.4) is 0 Å². The maximum absolute atomic E-state index is 12.4. The quantitative estimate of drug-likeness (QED) is 0.698. The standard InChI is InChI=1S/C23H21NO3/c1-16(19-9-11-21-22(15-19)27-14-13-26-21)24-23(25)12-10-18-7-4-6-17-5-2-3-8-20(17)18/h2-12,15-16H,13-14H2,1H3,(H,24,25)/b12-10+. The van der Waals surface area contributed by atoms with Gasteiger partial charge in [-0.15, -0.1) is 0 Å². The van der Waals surface area contributed by atoms with Crippen molar-refractivity contribution >= 4 is 22.8 Å². The second kappa shape index (κ2) is 7.54. The molecule has 1 unspecified atom stereocenters. The van der Waals surface area contributed by atoms with Crippen molar-refractivity contribution in [2.45, 2.75) is 13.0 Å². The number of rotatable bonds is 4. The van der Waals surface area contributed by atoms with Gasteiger partial charge in [-0.2, -0.15) is 0 Å². The summed E-state index contributed by atoms with van der Waals surface area (Å²) < 4.78 is 11.2. The van der Waals surface area contributed by atoms with E-state index in [0.717, 1.165) is 33.4 Å². The van der Waals surface area contributed by atoms with Gasteiger partial charge >= 0.3 is 0 Å². The molecule has 0 fully saturated rings. The third-order valence-corrected chi connectivity index (χ3v) is 4.66. The van der Waals surface area contributed by atoms with Gasteiger partial charge in [0.1, 0.15) is 13.2 Å². The Balaban J connectivity index is 1.46. The maximum Gasteiger partial charge on any atom is 0.244 e. The first kappa shape index (κ1) is 17.2. The summed E-state index contributed by atoms with van der Waals surface area (Å²) in [5.74, 6) is 1.34. The summed E-state index contributed by atoms with van der Waals surface area (Å²) in [6, 6.07) is 19.8. The van der Waals surface area contributed by atoms with E-state index in [1.807, 2.05) is 55.5 Å². The lowest BCUT2D eigenvalue weighted by Gasteiger charge is -2.20. The summed E-state index contributed by atoms with van der Waals surface area (Å²) in [6.45, 7) is 3.07. The van der Waals surface area contributed by atoms with Crippen molar-refractivity contribution in [3.63, 3.8) is 0 Å². The van der Waals surface area contributed by atoms with Crippen LogP contribution in [0.25, 0.3) is 16.8 Å². The van der Waals surface area contributed by atoms with Gasteiger partial charge in [-0.05, 0) is 47.0 Å². The first-order chi connectivity index (χ1) is 13.2. The number of fused-ring (bicyclic) bond motifs is 2. The molecule has 136 valence electrons. The normalized spacial score (nSPS) is 14.3. The first-order valence-electron chi connectivity index (χ1n) is 9.06. The molecule has 3 aromatic rings. The van der Waals surface area contributed by atoms with Gasteiger partial charge in [0.05, 0.1) is 6.04 Å². The fraction of sp³-hybridized carbons (Fsp3) is 0.174. The van der Waals surface area contributed by atoms with Crippen molar-refractivity contribution in [1.29, 1.82) is 0 Å². The van der Waals surface area contributed by atoms with Crippen LogP contribution < -0.4 is 14.8 Å². The van der Waals surface area contributed by atoms with Gasteiger partial charge in [0, 0.05) is 6.08 Å². The van der Waals surface area contributed by atoms with E-state index in [9.17, 15) is 4.79 Å². The van der Waals surface area contributed by atoms with Crippen LogP contribution in [0.5, 0.6) is 11.5 Å². The Hall–Kier alpha value is -3.27. The van der Waals surface area contributed by atoms with Gasteiger partial charge in [0.2, 0.25) is 5.91 Å². The van der Waals surface area contributed by atoms with Gasteiger partial charge in [0.15, 0.2) is 11.5 Å². The van der Waals surface area contributed by atoms with Crippen molar-refractivity contribution in [1.82, 2.24) is 5.32 Å².